The van der Waals surface area contributed by atoms with Crippen molar-refractivity contribution in [3.63, 3.8) is 0 Å². The van der Waals surface area contributed by atoms with Crippen LogP contribution in [0.1, 0.15) is 210 Å². The molecule has 26 nitrogen and oxygen atoms in total. The predicted molar refractivity (Wildman–Crippen MR) is 560 cm³/mol. The van der Waals surface area contributed by atoms with E-state index >= 15 is 0 Å². The second-order valence-electron chi connectivity index (χ2n) is 41.0. The SMILES string of the molecule is CC1(F)CCN(C(=O)c2cnc3c(ccn3-c3ccc(C(=O)NC4CCS(=O)(=O)CC4)cc3)c2)CC1.CC1(F)CCN(C(=O)c2cnc3c(ccn3-c3cncc(C(=O)NC(C)(C)C)c3)c2)CC1.Cc1ccc(-n2ccc3cc(C(=O)N4CCC(C)(F)CC4)cnc32)cc1.Cc1ccc(-n2ccc3cc(C(=S)N4CCC(C)(F)CC4)cnc32)cc1.Cc1ccc(-n2ccc3nc(C(=O)N4CCC(F)CC4)ccc32)cc1. The molecule has 6 amide bonds. The van der Waals surface area contributed by atoms with E-state index in [1.54, 1.807) is 108 Å². The molecule has 15 aromatic rings. The number of hydrogen-bond acceptors (Lipinski definition) is 15. The summed E-state index contributed by atoms with van der Waals surface area (Å²) in [6.45, 7) is 23.1. The largest absolute Gasteiger partial charge is 0.362 e. The van der Waals surface area contributed by atoms with Gasteiger partial charge in [0.05, 0.1) is 56.7 Å². The minimum atomic E-state index is -2.98. The van der Waals surface area contributed by atoms with Crippen LogP contribution >= 0.6 is 12.2 Å². The minimum Gasteiger partial charge on any atom is -0.362 e. The highest BCUT2D eigenvalue weighted by molar-refractivity contribution is 7.91. The number of alkyl halides is 5. The van der Waals surface area contributed by atoms with Crippen LogP contribution in [0.4, 0.5) is 22.0 Å². The van der Waals surface area contributed by atoms with Crippen LogP contribution in [-0.2, 0) is 9.84 Å². The lowest BCUT2D eigenvalue weighted by Gasteiger charge is -2.35. The monoisotopic (exact) mass is 2000 g/mol. The maximum Gasteiger partial charge on any atom is 0.272 e. The molecule has 0 spiro atoms. The zero-order valence-electron chi connectivity index (χ0n) is 83.3. The minimum absolute atomic E-state index is 0.0713. The molecule has 11 aromatic heterocycles. The van der Waals surface area contributed by atoms with E-state index in [1.807, 2.05) is 120 Å². The Labute approximate surface area is 845 Å². The van der Waals surface area contributed by atoms with E-state index in [2.05, 4.69) is 160 Å². The summed E-state index contributed by atoms with van der Waals surface area (Å²) in [4.78, 5) is 113. The van der Waals surface area contributed by atoms with Gasteiger partial charge in [0, 0.05) is 194 Å². The van der Waals surface area contributed by atoms with Crippen LogP contribution in [-0.4, -0.2) is 243 Å². The number of nitrogens with zero attached hydrogens (tertiary/aromatic N) is 16. The predicted octanol–water partition coefficient (Wildman–Crippen LogP) is 20.2. The van der Waals surface area contributed by atoms with Crippen LogP contribution in [0.15, 0.2) is 238 Å². The van der Waals surface area contributed by atoms with Crippen molar-refractivity contribution in [1.82, 2.24) is 87.9 Å². The van der Waals surface area contributed by atoms with Crippen LogP contribution in [0.3, 0.4) is 0 Å². The zero-order valence-corrected chi connectivity index (χ0v) is 84.9. The fourth-order valence-electron chi connectivity index (χ4n) is 18.7. The van der Waals surface area contributed by atoms with Crippen molar-refractivity contribution in [3.05, 3.63) is 294 Å². The Morgan fingerprint density at radius 2 is 0.717 bits per heavy atom. The fourth-order valence-corrected chi connectivity index (χ4v) is 20.5. The summed E-state index contributed by atoms with van der Waals surface area (Å²) < 4.78 is 102. The molecule has 6 saturated heterocycles. The maximum atomic E-state index is 14.1. The molecule has 0 unspecified atom stereocenters. The first-order chi connectivity index (χ1) is 69.1. The molecule has 17 heterocycles. The van der Waals surface area contributed by atoms with Gasteiger partial charge in [-0.25, -0.2) is 55.3 Å². The van der Waals surface area contributed by atoms with Gasteiger partial charge in [0.15, 0.2) is 0 Å². The Morgan fingerprint density at radius 1 is 0.372 bits per heavy atom. The Hall–Kier alpha value is -14.2. The summed E-state index contributed by atoms with van der Waals surface area (Å²) in [5, 5.41) is 9.44. The van der Waals surface area contributed by atoms with E-state index < -0.39 is 38.7 Å². The molecule has 21 rings (SSSR count). The van der Waals surface area contributed by atoms with Gasteiger partial charge in [-0.2, -0.15) is 0 Å². The number of nitrogens with one attached hydrogen (secondary N) is 2. The number of carbonyl (C=O) groups is 6. The molecule has 6 aliphatic rings. The third-order valence-corrected chi connectivity index (χ3v) is 30.1. The maximum absolute atomic E-state index is 14.1. The molecule has 33 heteroatoms. The number of thiocarbonyl (C=S) groups is 1. The number of pyridine rings is 6. The highest BCUT2D eigenvalue weighted by atomic mass is 32.2. The van der Waals surface area contributed by atoms with Gasteiger partial charge < -0.3 is 53.4 Å². The van der Waals surface area contributed by atoms with Gasteiger partial charge in [0.1, 0.15) is 72.0 Å². The lowest BCUT2D eigenvalue weighted by molar-refractivity contribution is 0.0493. The molecule has 6 aliphatic heterocycles. The normalized spacial score (nSPS) is 17.2. The topological polar surface area (TPSA) is 279 Å². The molecule has 0 atom stereocenters. The molecule has 0 radical (unpaired) electrons. The molecular weight excluding hydrogens is 1880 g/mol. The first-order valence-electron chi connectivity index (χ1n) is 49.4. The third-order valence-electron chi connectivity index (χ3n) is 27.9. The number of benzene rings is 4. The highest BCUT2D eigenvalue weighted by Gasteiger charge is 2.38. The number of likely N-dealkylation sites (tertiary alicyclic amines) is 5. The second-order valence-corrected chi connectivity index (χ2v) is 43.6. The Kier molecular flexibility index (Phi) is 30.0. The Balaban J connectivity index is 0.000000125. The molecule has 4 aromatic carbocycles. The number of rotatable bonds is 13. The number of hydrogen-bond donors (Lipinski definition) is 2. The quantitative estimate of drug-likeness (QED) is 0.0801. The van der Waals surface area contributed by atoms with Crippen molar-refractivity contribution in [2.75, 3.05) is 77.0 Å². The number of carbonyl (C=O) groups excluding carboxylic acids is 6. The summed E-state index contributed by atoms with van der Waals surface area (Å²) in [7, 11) is -2.98. The molecule has 6 fully saturated rings. The summed E-state index contributed by atoms with van der Waals surface area (Å²) in [5.74, 6) is -0.677. The van der Waals surface area contributed by atoms with E-state index in [4.69, 9.17) is 12.2 Å². The van der Waals surface area contributed by atoms with E-state index in [0.717, 1.165) is 77.2 Å². The van der Waals surface area contributed by atoms with Gasteiger partial charge in [-0.1, -0.05) is 65.3 Å². The lowest BCUT2D eigenvalue weighted by atomic mass is 9.95. The number of aryl methyl sites for hydroxylation is 3. The van der Waals surface area contributed by atoms with Crippen molar-refractivity contribution < 1.29 is 59.1 Å². The summed E-state index contributed by atoms with van der Waals surface area (Å²) in [5.41, 5.74) is 12.0. The van der Waals surface area contributed by atoms with Crippen molar-refractivity contribution in [3.8, 4) is 28.4 Å². The van der Waals surface area contributed by atoms with Gasteiger partial charge in [-0.05, 0) is 280 Å². The van der Waals surface area contributed by atoms with Gasteiger partial charge in [0.2, 0.25) is 0 Å². The van der Waals surface area contributed by atoms with Gasteiger partial charge in [0.25, 0.3) is 35.4 Å². The third kappa shape index (κ3) is 24.7. The van der Waals surface area contributed by atoms with Crippen LogP contribution in [0.2, 0.25) is 0 Å². The number of amides is 6. The fraction of sp³-hybridized carbons (Fsp3) is 0.366. The molecule has 145 heavy (non-hydrogen) atoms. The van der Waals surface area contributed by atoms with E-state index in [0.29, 0.717) is 193 Å². The summed E-state index contributed by atoms with van der Waals surface area (Å²) in [6, 6.07) is 54.5. The lowest BCUT2D eigenvalue weighted by Crippen LogP contribution is -2.43. The number of aromatic nitrogens is 11. The Bertz CT molecular complexity index is 7230. The summed E-state index contributed by atoms with van der Waals surface area (Å²) >= 11 is 5.65. The summed E-state index contributed by atoms with van der Waals surface area (Å²) in [6.07, 6.45) is 23.5. The second kappa shape index (κ2) is 42.6. The number of halogens is 5. The standard InChI is InChI=1S/C26H29FN4O4S.C24H28FN5O2.C21H22FN3O.C21H22FN3S.C20H20FN3O/c1-26(27)9-12-30(13-10-26)25(33)20-16-19-6-11-31(23(19)28-17-20)22-4-2-18(3-5-22)24(32)29-21-7-14-36(34,35)15-8-21;1-23(2,3)28-21(31)17-12-19(15-26-13-17)30-8-5-16-11-18(14-27-20(16)30)22(32)29-9-6-24(4,25)7-10-29;2*1-15-3-5-18(6-4-15)25-10-7-16-13-17(14-23-19(16)25)20(26)24-11-8-21(2,22)9-12-24;1-14-2-4-16(5-3-14)24-13-10-17-19(24)7-6-18(22-17)20(25)23-11-8-15(21)9-12-23/h2-6,11,16-17,21H,7-10,12-15H2,1H3,(H,29,32);5,8,11-15H,6-7,9-10H2,1-4H3,(H,28,31);2*3-7,10,13-14H,8-9,11-12H2,1-2H3;2-7,10,13,15H,8-9,11-12H2,1H3. The van der Waals surface area contributed by atoms with Crippen molar-refractivity contribution in [2.45, 2.75) is 187 Å². The zero-order chi connectivity index (χ0) is 103. The van der Waals surface area contributed by atoms with Crippen LogP contribution in [0, 0.1) is 20.8 Å². The highest BCUT2D eigenvalue weighted by Crippen LogP contribution is 2.35. The van der Waals surface area contributed by atoms with Crippen molar-refractivity contribution in [2.24, 2.45) is 0 Å². The van der Waals surface area contributed by atoms with E-state index in [9.17, 15) is 59.1 Å². The van der Waals surface area contributed by atoms with E-state index in [1.165, 1.54) is 22.9 Å². The average molecular weight is 2010 g/mol. The molecule has 0 saturated carbocycles. The molecule has 0 aliphatic carbocycles. The number of sulfone groups is 1. The molecular formula is C112H121F5N18O8S2. The van der Waals surface area contributed by atoms with Crippen LogP contribution < -0.4 is 10.6 Å². The van der Waals surface area contributed by atoms with Crippen molar-refractivity contribution >= 4 is 118 Å². The first-order valence-corrected chi connectivity index (χ1v) is 51.7. The van der Waals surface area contributed by atoms with E-state index in [-0.39, 0.29) is 58.5 Å². The van der Waals surface area contributed by atoms with Crippen LogP contribution in [0.25, 0.3) is 83.6 Å². The first kappa shape index (κ1) is 102. The van der Waals surface area contributed by atoms with Crippen LogP contribution in [0.5, 0.6) is 0 Å². The average Bonchev–Trinajstić information content (AvgIpc) is 1.48. The molecule has 2 N–H and O–H groups in total. The molecule has 754 valence electrons. The van der Waals surface area contributed by atoms with Gasteiger partial charge >= 0.3 is 0 Å². The van der Waals surface area contributed by atoms with Gasteiger partial charge in [-0.15, -0.1) is 0 Å². The van der Waals surface area contributed by atoms with Crippen molar-refractivity contribution in [1.29, 1.82) is 0 Å². The Morgan fingerprint density at radius 3 is 1.11 bits per heavy atom. The molecule has 0 bridgehead atoms. The van der Waals surface area contributed by atoms with Gasteiger partial charge in [-0.3, -0.25) is 38.3 Å². The number of fused-ring (bicyclic) bond motifs is 5. The number of piperidine rings is 5. The smallest absolute Gasteiger partial charge is 0.272 e.